The van der Waals surface area contributed by atoms with Crippen LogP contribution in [0.25, 0.3) is 0 Å². The van der Waals surface area contributed by atoms with Gasteiger partial charge in [-0.2, -0.15) is 0 Å². The summed E-state index contributed by atoms with van der Waals surface area (Å²) in [4.78, 5) is 14.9. The van der Waals surface area contributed by atoms with Crippen molar-refractivity contribution in [2.24, 2.45) is 11.7 Å². The Bertz CT molecular complexity index is 498. The maximum Gasteiger partial charge on any atom is 0.226 e. The molecule has 2 aliphatic carbocycles. The second-order valence-corrected chi connectivity index (χ2v) is 6.64. The van der Waals surface area contributed by atoms with Gasteiger partial charge in [-0.1, -0.05) is 31.2 Å². The fourth-order valence-corrected chi connectivity index (χ4v) is 3.33. The molecule has 2 atom stereocenters. The van der Waals surface area contributed by atoms with Gasteiger partial charge in [0.1, 0.15) is 0 Å². The van der Waals surface area contributed by atoms with Gasteiger partial charge in [0.2, 0.25) is 5.91 Å². The van der Waals surface area contributed by atoms with Crippen LogP contribution in [0, 0.1) is 5.92 Å². The Kier molecular flexibility index (Phi) is 5.87. The van der Waals surface area contributed by atoms with Crippen LogP contribution in [0.5, 0.6) is 0 Å². The molecule has 22 heavy (non-hydrogen) atoms. The molecule has 1 aromatic rings. The summed E-state index contributed by atoms with van der Waals surface area (Å²) >= 11 is 0. The Morgan fingerprint density at radius 1 is 1.14 bits per heavy atom. The average Bonchev–Trinajstić information content (AvgIpc) is 3.26. The summed E-state index contributed by atoms with van der Waals surface area (Å²) < 4.78 is 0. The van der Waals surface area contributed by atoms with Gasteiger partial charge in [-0.3, -0.25) is 4.79 Å². The molecule has 2 saturated carbocycles. The maximum atomic E-state index is 12.8. The molecule has 0 heterocycles. The molecular formula is C18H27ClN2O. The van der Waals surface area contributed by atoms with Gasteiger partial charge in [-0.05, 0) is 49.7 Å². The Morgan fingerprint density at radius 3 is 2.27 bits per heavy atom. The second-order valence-electron chi connectivity index (χ2n) is 6.64. The number of hydrogen-bond acceptors (Lipinski definition) is 2. The van der Waals surface area contributed by atoms with Crippen LogP contribution in [0.3, 0.4) is 0 Å². The van der Waals surface area contributed by atoms with Crippen molar-refractivity contribution in [1.29, 1.82) is 0 Å². The number of benzene rings is 1. The van der Waals surface area contributed by atoms with Gasteiger partial charge in [-0.15, -0.1) is 12.4 Å². The lowest BCUT2D eigenvalue weighted by Crippen LogP contribution is -2.37. The van der Waals surface area contributed by atoms with Crippen LogP contribution in [0.1, 0.15) is 50.2 Å². The molecule has 4 heteroatoms. The second kappa shape index (κ2) is 7.47. The highest BCUT2D eigenvalue weighted by molar-refractivity contribution is 5.85. The molecule has 1 amide bonds. The molecule has 2 fully saturated rings. The topological polar surface area (TPSA) is 46.3 Å². The van der Waals surface area contributed by atoms with E-state index >= 15 is 0 Å². The van der Waals surface area contributed by atoms with E-state index in [1.807, 2.05) is 0 Å². The molecule has 2 aliphatic rings. The third-order valence-electron chi connectivity index (χ3n) is 4.88. The van der Waals surface area contributed by atoms with E-state index in [1.165, 1.54) is 11.1 Å². The number of aryl methyl sites for hydroxylation is 1. The first kappa shape index (κ1) is 17.3. The molecule has 0 aliphatic heterocycles. The molecule has 0 spiro atoms. The van der Waals surface area contributed by atoms with E-state index < -0.39 is 0 Å². The predicted molar refractivity (Wildman–Crippen MR) is 92.0 cm³/mol. The zero-order chi connectivity index (χ0) is 14.8. The van der Waals surface area contributed by atoms with Gasteiger partial charge in [0.05, 0.1) is 0 Å². The first-order valence-corrected chi connectivity index (χ1v) is 8.31. The van der Waals surface area contributed by atoms with Crippen LogP contribution in [0.4, 0.5) is 0 Å². The third kappa shape index (κ3) is 4.02. The summed E-state index contributed by atoms with van der Waals surface area (Å²) in [6.07, 6.45) is 6.23. The highest BCUT2D eigenvalue weighted by atomic mass is 35.5. The van der Waals surface area contributed by atoms with Crippen molar-refractivity contribution in [2.75, 3.05) is 0 Å². The monoisotopic (exact) mass is 322 g/mol. The molecule has 2 N–H and O–H groups in total. The molecule has 0 bridgehead atoms. The van der Waals surface area contributed by atoms with E-state index in [9.17, 15) is 4.79 Å². The number of halogens is 1. The lowest BCUT2D eigenvalue weighted by Gasteiger charge is -2.26. The molecule has 0 saturated heterocycles. The molecular weight excluding hydrogens is 296 g/mol. The molecule has 2 unspecified atom stereocenters. The number of nitrogens with two attached hydrogens (primary N) is 1. The van der Waals surface area contributed by atoms with Crippen molar-refractivity contribution in [3.8, 4) is 0 Å². The summed E-state index contributed by atoms with van der Waals surface area (Å²) in [6, 6.07) is 9.39. The van der Waals surface area contributed by atoms with Crippen molar-refractivity contribution < 1.29 is 4.79 Å². The minimum Gasteiger partial charge on any atom is -0.335 e. The largest absolute Gasteiger partial charge is 0.335 e. The van der Waals surface area contributed by atoms with Crippen molar-refractivity contribution in [2.45, 2.75) is 64.1 Å². The van der Waals surface area contributed by atoms with E-state index in [4.69, 9.17) is 5.73 Å². The van der Waals surface area contributed by atoms with Crippen LogP contribution >= 0.6 is 12.4 Å². The summed E-state index contributed by atoms with van der Waals surface area (Å²) in [5.74, 6) is 0.500. The van der Waals surface area contributed by atoms with E-state index in [-0.39, 0.29) is 24.4 Å². The highest BCUT2D eigenvalue weighted by Gasteiger charge is 2.38. The smallest absolute Gasteiger partial charge is 0.226 e. The average molecular weight is 323 g/mol. The third-order valence-corrected chi connectivity index (χ3v) is 4.88. The normalized spacial score (nSPS) is 23.9. The van der Waals surface area contributed by atoms with Crippen molar-refractivity contribution in [3.05, 3.63) is 35.4 Å². The van der Waals surface area contributed by atoms with Crippen molar-refractivity contribution >= 4 is 18.3 Å². The Labute approximate surface area is 139 Å². The number of nitrogens with zero attached hydrogens (tertiary/aromatic N) is 1. The highest BCUT2D eigenvalue weighted by Crippen LogP contribution is 2.33. The van der Waals surface area contributed by atoms with Gasteiger partial charge in [0, 0.05) is 24.5 Å². The lowest BCUT2D eigenvalue weighted by molar-refractivity contribution is -0.136. The standard InChI is InChI=1S/C18H26N2O.ClH/c1-2-13-3-5-14(6-4-13)12-20(17-9-10-17)18(21)15-7-8-16(19)11-15;/h3-6,15-17H,2,7-12,19H2,1H3;1H. The minimum atomic E-state index is 0. The van der Waals surface area contributed by atoms with Crippen LogP contribution in [0.2, 0.25) is 0 Å². The van der Waals surface area contributed by atoms with Gasteiger partial charge in [-0.25, -0.2) is 0 Å². The van der Waals surface area contributed by atoms with Crippen LogP contribution in [0.15, 0.2) is 24.3 Å². The SMILES string of the molecule is CCc1ccc(CN(C(=O)C2CCC(N)C2)C2CC2)cc1.Cl. The Morgan fingerprint density at radius 2 is 1.77 bits per heavy atom. The molecule has 0 aromatic heterocycles. The van der Waals surface area contributed by atoms with Crippen molar-refractivity contribution in [3.63, 3.8) is 0 Å². The molecule has 3 nitrogen and oxygen atoms in total. The lowest BCUT2D eigenvalue weighted by atomic mass is 10.0. The minimum absolute atomic E-state index is 0. The molecule has 0 radical (unpaired) electrons. The number of rotatable bonds is 5. The fourth-order valence-electron chi connectivity index (χ4n) is 3.33. The number of amides is 1. The Balaban J connectivity index is 0.00000176. The van der Waals surface area contributed by atoms with Crippen LogP contribution < -0.4 is 5.73 Å². The summed E-state index contributed by atoms with van der Waals surface area (Å²) in [6.45, 7) is 2.93. The van der Waals surface area contributed by atoms with E-state index in [0.717, 1.165) is 45.1 Å². The fraction of sp³-hybridized carbons (Fsp3) is 0.611. The number of carbonyl (C=O) groups excluding carboxylic acids is 1. The zero-order valence-corrected chi connectivity index (χ0v) is 14.1. The van der Waals surface area contributed by atoms with E-state index in [0.29, 0.717) is 11.9 Å². The number of carbonyl (C=O) groups is 1. The van der Waals surface area contributed by atoms with Crippen molar-refractivity contribution in [1.82, 2.24) is 4.90 Å². The first-order valence-electron chi connectivity index (χ1n) is 8.31. The predicted octanol–water partition coefficient (Wildman–Crippen LogP) is 3.29. The van der Waals surface area contributed by atoms with E-state index in [2.05, 4.69) is 36.1 Å². The molecule has 122 valence electrons. The maximum absolute atomic E-state index is 12.8. The Hall–Kier alpha value is -1.06. The zero-order valence-electron chi connectivity index (χ0n) is 13.3. The van der Waals surface area contributed by atoms with Gasteiger partial charge in [0.25, 0.3) is 0 Å². The molecule has 1 aromatic carbocycles. The van der Waals surface area contributed by atoms with Gasteiger partial charge >= 0.3 is 0 Å². The van der Waals surface area contributed by atoms with E-state index in [1.54, 1.807) is 0 Å². The van der Waals surface area contributed by atoms with Gasteiger partial charge in [0.15, 0.2) is 0 Å². The quantitative estimate of drug-likeness (QED) is 0.904. The van der Waals surface area contributed by atoms with Gasteiger partial charge < -0.3 is 10.6 Å². The number of hydrogen-bond donors (Lipinski definition) is 1. The summed E-state index contributed by atoms with van der Waals surface area (Å²) in [5, 5.41) is 0. The first-order chi connectivity index (χ1) is 10.2. The molecule has 3 rings (SSSR count). The van der Waals surface area contributed by atoms with Crippen LogP contribution in [-0.2, 0) is 17.8 Å². The summed E-state index contributed by atoms with van der Waals surface area (Å²) in [5.41, 5.74) is 8.57. The summed E-state index contributed by atoms with van der Waals surface area (Å²) in [7, 11) is 0. The van der Waals surface area contributed by atoms with Crippen LogP contribution in [-0.4, -0.2) is 22.9 Å².